The normalized spacial score (nSPS) is 17.1. The maximum Gasteiger partial charge on any atom is 0.231 e. The molecule has 0 amide bonds. The van der Waals surface area contributed by atoms with E-state index in [4.69, 9.17) is 14.2 Å². The molecule has 1 unspecified atom stereocenters. The first-order valence-electron chi connectivity index (χ1n) is 9.87. The Morgan fingerprint density at radius 2 is 1.83 bits per heavy atom. The average Bonchev–Trinajstić information content (AvgIpc) is 3.20. The van der Waals surface area contributed by atoms with Crippen LogP contribution in [0.4, 0.5) is 0 Å². The van der Waals surface area contributed by atoms with Gasteiger partial charge in [-0.3, -0.25) is 0 Å². The number of hydrogen-bond donors (Lipinski definition) is 1. The monoisotopic (exact) mass is 451 g/mol. The van der Waals surface area contributed by atoms with Gasteiger partial charge >= 0.3 is 0 Å². The van der Waals surface area contributed by atoms with Crippen LogP contribution in [0.15, 0.2) is 65.1 Å². The first-order chi connectivity index (χ1) is 14.3. The second-order valence-electron chi connectivity index (χ2n) is 7.39. The predicted octanol–water partition coefficient (Wildman–Crippen LogP) is 5.19. The fourth-order valence-corrected chi connectivity index (χ4v) is 4.45. The molecule has 3 aromatic carbocycles. The van der Waals surface area contributed by atoms with Crippen molar-refractivity contribution in [2.75, 3.05) is 13.3 Å². The average molecular weight is 452 g/mol. The Morgan fingerprint density at radius 1 is 1.00 bits per heavy atom. The van der Waals surface area contributed by atoms with Crippen LogP contribution in [0.5, 0.6) is 17.2 Å². The predicted molar refractivity (Wildman–Crippen MR) is 116 cm³/mol. The Balaban J connectivity index is 1.37. The molecule has 29 heavy (non-hydrogen) atoms. The summed E-state index contributed by atoms with van der Waals surface area (Å²) in [6.45, 7) is 1.84. The summed E-state index contributed by atoms with van der Waals surface area (Å²) in [7, 11) is 0. The second kappa shape index (κ2) is 8.09. The highest BCUT2D eigenvalue weighted by Crippen LogP contribution is 2.39. The molecule has 0 radical (unpaired) electrons. The summed E-state index contributed by atoms with van der Waals surface area (Å²) in [6.07, 6.45) is 1.90. The fraction of sp³-hybridized carbons (Fsp3) is 0.250. The Hall–Kier alpha value is -2.50. The van der Waals surface area contributed by atoms with Gasteiger partial charge in [0.15, 0.2) is 11.5 Å². The van der Waals surface area contributed by atoms with E-state index < -0.39 is 0 Å². The largest absolute Gasteiger partial charge is 0.489 e. The second-order valence-corrected chi connectivity index (χ2v) is 8.25. The van der Waals surface area contributed by atoms with Crippen LogP contribution in [-0.4, -0.2) is 13.3 Å². The minimum absolute atomic E-state index is 0.232. The highest BCUT2D eigenvalue weighted by molar-refractivity contribution is 9.10. The molecule has 5 heteroatoms. The Bertz CT molecular complexity index is 1020. The summed E-state index contributed by atoms with van der Waals surface area (Å²) in [5.41, 5.74) is 5.07. The third-order valence-electron chi connectivity index (χ3n) is 5.49. The van der Waals surface area contributed by atoms with E-state index in [1.54, 1.807) is 0 Å². The molecule has 0 aromatic heterocycles. The summed E-state index contributed by atoms with van der Waals surface area (Å²) < 4.78 is 18.2. The van der Waals surface area contributed by atoms with Crippen molar-refractivity contribution in [2.45, 2.75) is 25.5 Å². The minimum Gasteiger partial charge on any atom is -0.489 e. The highest BCUT2D eigenvalue weighted by atomic mass is 79.9. The fourth-order valence-electron chi connectivity index (χ4n) is 3.96. The lowest BCUT2D eigenvalue weighted by Crippen LogP contribution is -2.31. The zero-order valence-corrected chi connectivity index (χ0v) is 17.6. The maximum absolute atomic E-state index is 6.07. The third-order valence-corrected chi connectivity index (χ3v) is 6.23. The number of ether oxygens (including phenoxy) is 3. The van der Waals surface area contributed by atoms with Gasteiger partial charge in [0, 0.05) is 10.5 Å². The number of rotatable bonds is 5. The van der Waals surface area contributed by atoms with E-state index in [-0.39, 0.29) is 12.8 Å². The van der Waals surface area contributed by atoms with Crippen LogP contribution in [0.25, 0.3) is 0 Å². The minimum atomic E-state index is 0.232. The van der Waals surface area contributed by atoms with Gasteiger partial charge in [-0.1, -0.05) is 52.3 Å². The molecule has 0 fully saturated rings. The molecule has 0 saturated heterocycles. The number of halogens is 1. The standard InChI is InChI=1S/C24H22BrNO3/c25-21-13-24-23(28-15-29-24)11-18(21)10-22-20-12-19(7-6-17(20)8-9-26-22)27-14-16-4-2-1-3-5-16/h1-7,11-13,22,26H,8-10,14-15H2. The van der Waals surface area contributed by atoms with Crippen LogP contribution in [-0.2, 0) is 19.4 Å². The van der Waals surface area contributed by atoms with Crippen molar-refractivity contribution in [1.82, 2.24) is 5.32 Å². The molecule has 148 valence electrons. The SMILES string of the molecule is Brc1cc2c(cc1CC1NCCc3ccc(OCc4ccccc4)cc31)OCO2. The lowest BCUT2D eigenvalue weighted by atomic mass is 9.90. The molecule has 0 bridgehead atoms. The molecule has 0 spiro atoms. The van der Waals surface area contributed by atoms with E-state index in [0.29, 0.717) is 6.61 Å². The molecule has 0 saturated carbocycles. The first kappa shape index (κ1) is 18.5. The zero-order chi connectivity index (χ0) is 19.6. The number of benzene rings is 3. The quantitative estimate of drug-likeness (QED) is 0.579. The van der Waals surface area contributed by atoms with Gasteiger partial charge < -0.3 is 19.5 Å². The molecule has 2 aliphatic rings. The number of hydrogen-bond acceptors (Lipinski definition) is 4. The van der Waals surface area contributed by atoms with Crippen LogP contribution in [0.3, 0.4) is 0 Å². The van der Waals surface area contributed by atoms with Gasteiger partial charge in [-0.25, -0.2) is 0 Å². The van der Waals surface area contributed by atoms with Gasteiger partial charge in [0.05, 0.1) is 0 Å². The molecule has 5 rings (SSSR count). The lowest BCUT2D eigenvalue weighted by molar-refractivity contribution is 0.174. The van der Waals surface area contributed by atoms with Crippen molar-refractivity contribution < 1.29 is 14.2 Å². The van der Waals surface area contributed by atoms with Crippen molar-refractivity contribution >= 4 is 15.9 Å². The van der Waals surface area contributed by atoms with Crippen LogP contribution < -0.4 is 19.5 Å². The van der Waals surface area contributed by atoms with Crippen LogP contribution in [0.1, 0.15) is 28.3 Å². The molecular formula is C24H22BrNO3. The van der Waals surface area contributed by atoms with Crippen LogP contribution in [0.2, 0.25) is 0 Å². The highest BCUT2D eigenvalue weighted by Gasteiger charge is 2.23. The van der Waals surface area contributed by atoms with Crippen molar-refractivity contribution in [2.24, 2.45) is 0 Å². The van der Waals surface area contributed by atoms with Crippen LogP contribution >= 0.6 is 15.9 Å². The molecule has 2 aliphatic heterocycles. The van der Waals surface area contributed by atoms with Gasteiger partial charge in [0.25, 0.3) is 0 Å². The Kier molecular flexibility index (Phi) is 5.17. The summed E-state index contributed by atoms with van der Waals surface area (Å²) >= 11 is 3.69. The van der Waals surface area contributed by atoms with Crippen molar-refractivity contribution in [3.8, 4) is 17.2 Å². The summed E-state index contributed by atoms with van der Waals surface area (Å²) in [4.78, 5) is 0. The van der Waals surface area contributed by atoms with Crippen molar-refractivity contribution in [3.63, 3.8) is 0 Å². The summed E-state index contributed by atoms with van der Waals surface area (Å²) in [5, 5.41) is 3.67. The maximum atomic E-state index is 6.07. The number of nitrogens with one attached hydrogen (secondary N) is 1. The van der Waals surface area contributed by atoms with E-state index in [9.17, 15) is 0 Å². The van der Waals surface area contributed by atoms with E-state index >= 15 is 0 Å². The van der Waals surface area contributed by atoms with Crippen LogP contribution in [0, 0.1) is 0 Å². The van der Waals surface area contributed by atoms with Gasteiger partial charge in [0.2, 0.25) is 6.79 Å². The van der Waals surface area contributed by atoms with Gasteiger partial charge in [-0.05, 0) is 65.9 Å². The zero-order valence-electron chi connectivity index (χ0n) is 16.0. The molecule has 4 nitrogen and oxygen atoms in total. The Morgan fingerprint density at radius 3 is 2.69 bits per heavy atom. The molecular weight excluding hydrogens is 430 g/mol. The molecule has 1 N–H and O–H groups in total. The third kappa shape index (κ3) is 3.98. The van der Waals surface area contributed by atoms with E-state index in [0.717, 1.165) is 41.1 Å². The van der Waals surface area contributed by atoms with Gasteiger partial charge in [-0.2, -0.15) is 0 Å². The molecule has 0 aliphatic carbocycles. The molecule has 3 aromatic rings. The Labute approximate surface area is 178 Å². The van der Waals surface area contributed by atoms with E-state index in [1.807, 2.05) is 24.3 Å². The van der Waals surface area contributed by atoms with Gasteiger partial charge in [0.1, 0.15) is 12.4 Å². The number of fused-ring (bicyclic) bond motifs is 2. The lowest BCUT2D eigenvalue weighted by Gasteiger charge is -2.28. The van der Waals surface area contributed by atoms with Crippen molar-refractivity contribution in [1.29, 1.82) is 0 Å². The summed E-state index contributed by atoms with van der Waals surface area (Å²) in [5.74, 6) is 2.53. The topological polar surface area (TPSA) is 39.7 Å². The molecule has 1 atom stereocenters. The molecule has 2 heterocycles. The van der Waals surface area contributed by atoms with E-state index in [2.05, 4.69) is 57.6 Å². The smallest absolute Gasteiger partial charge is 0.231 e. The van der Waals surface area contributed by atoms with E-state index in [1.165, 1.54) is 22.3 Å². The summed E-state index contributed by atoms with van der Waals surface area (Å²) in [6, 6.07) is 21.1. The van der Waals surface area contributed by atoms with Crippen molar-refractivity contribution in [3.05, 3.63) is 87.4 Å². The van der Waals surface area contributed by atoms with Gasteiger partial charge in [-0.15, -0.1) is 0 Å². The first-order valence-corrected chi connectivity index (χ1v) is 10.7.